The summed E-state index contributed by atoms with van der Waals surface area (Å²) in [6, 6.07) is 11.5. The lowest BCUT2D eigenvalue weighted by molar-refractivity contribution is 0.0591. The molecule has 5 nitrogen and oxygen atoms in total. The van der Waals surface area contributed by atoms with Crippen LogP contribution in [0.15, 0.2) is 48.8 Å². The molecule has 0 spiro atoms. The summed E-state index contributed by atoms with van der Waals surface area (Å²) < 4.78 is 6.75. The van der Waals surface area contributed by atoms with E-state index in [1.165, 1.54) is 7.11 Å². The fraction of sp³-hybridized carbons (Fsp3) is 0.125. The zero-order valence-corrected chi connectivity index (χ0v) is 11.8. The van der Waals surface area contributed by atoms with Gasteiger partial charge in [-0.25, -0.2) is 4.79 Å². The van der Waals surface area contributed by atoms with Crippen molar-refractivity contribution in [2.24, 2.45) is 7.05 Å². The van der Waals surface area contributed by atoms with Gasteiger partial charge in [0.2, 0.25) is 0 Å². The van der Waals surface area contributed by atoms with E-state index in [1.807, 2.05) is 48.0 Å². The van der Waals surface area contributed by atoms with Crippen LogP contribution in [-0.4, -0.2) is 22.6 Å². The predicted octanol–water partition coefficient (Wildman–Crippen LogP) is 3.10. The van der Waals surface area contributed by atoms with Crippen LogP contribution in [0.1, 0.15) is 10.5 Å². The van der Waals surface area contributed by atoms with E-state index in [2.05, 4.69) is 10.3 Å². The van der Waals surface area contributed by atoms with Crippen LogP contribution in [0.2, 0.25) is 0 Å². The molecule has 2 aromatic heterocycles. The van der Waals surface area contributed by atoms with E-state index in [-0.39, 0.29) is 5.97 Å². The van der Waals surface area contributed by atoms with Gasteiger partial charge in [0.25, 0.3) is 0 Å². The highest BCUT2D eigenvalue weighted by molar-refractivity contribution is 6.07. The number of aromatic nitrogens is 2. The standard InChI is InChI=1S/C16H15N3O2/c1-19-13-6-4-3-5-12(13)14(15(19)16(20)21-2)18-11-7-9-17-10-8-11/h3-10H,1-2H3,(H,17,18). The third-order valence-electron chi connectivity index (χ3n) is 3.44. The molecule has 0 saturated carbocycles. The molecule has 3 aromatic rings. The predicted molar refractivity (Wildman–Crippen MR) is 81.8 cm³/mol. The number of carbonyl (C=O) groups is 1. The Bertz CT molecular complexity index is 794. The summed E-state index contributed by atoms with van der Waals surface area (Å²) in [4.78, 5) is 16.1. The molecule has 0 amide bonds. The van der Waals surface area contributed by atoms with Gasteiger partial charge in [-0.2, -0.15) is 0 Å². The molecule has 0 aliphatic heterocycles. The first-order valence-electron chi connectivity index (χ1n) is 6.55. The molecule has 0 unspecified atom stereocenters. The maximum Gasteiger partial charge on any atom is 0.356 e. The van der Waals surface area contributed by atoms with E-state index in [1.54, 1.807) is 12.4 Å². The minimum atomic E-state index is -0.370. The second-order valence-electron chi connectivity index (χ2n) is 4.65. The fourth-order valence-electron chi connectivity index (χ4n) is 2.44. The van der Waals surface area contributed by atoms with Crippen LogP contribution in [0.25, 0.3) is 10.9 Å². The average Bonchev–Trinajstić information content (AvgIpc) is 2.81. The second-order valence-corrected chi connectivity index (χ2v) is 4.65. The van der Waals surface area contributed by atoms with Crippen LogP contribution >= 0.6 is 0 Å². The second kappa shape index (κ2) is 5.28. The van der Waals surface area contributed by atoms with Gasteiger partial charge in [0, 0.05) is 30.5 Å². The number of carbonyl (C=O) groups excluding carboxylic acids is 1. The van der Waals surface area contributed by atoms with Crippen LogP contribution in [0.5, 0.6) is 0 Å². The molecule has 0 radical (unpaired) electrons. The number of pyridine rings is 1. The summed E-state index contributed by atoms with van der Waals surface area (Å²) in [6.07, 6.45) is 3.40. The Labute approximate surface area is 122 Å². The average molecular weight is 281 g/mol. The molecule has 5 heteroatoms. The molecule has 1 aromatic carbocycles. The molecule has 0 atom stereocenters. The molecular formula is C16H15N3O2. The SMILES string of the molecule is COC(=O)c1c(Nc2ccncc2)c2ccccc2n1C. The number of nitrogens with zero attached hydrogens (tertiary/aromatic N) is 2. The highest BCUT2D eigenvalue weighted by Gasteiger charge is 2.21. The Balaban J connectivity index is 2.21. The number of para-hydroxylation sites is 1. The van der Waals surface area contributed by atoms with Gasteiger partial charge in [0.15, 0.2) is 5.69 Å². The van der Waals surface area contributed by atoms with Gasteiger partial charge in [-0.1, -0.05) is 18.2 Å². The topological polar surface area (TPSA) is 56.1 Å². The monoisotopic (exact) mass is 281 g/mol. The van der Waals surface area contributed by atoms with E-state index in [4.69, 9.17) is 4.74 Å². The Morgan fingerprint density at radius 3 is 2.62 bits per heavy atom. The molecule has 21 heavy (non-hydrogen) atoms. The highest BCUT2D eigenvalue weighted by Crippen LogP contribution is 2.32. The van der Waals surface area contributed by atoms with Crippen molar-refractivity contribution in [2.75, 3.05) is 12.4 Å². The number of rotatable bonds is 3. The summed E-state index contributed by atoms with van der Waals surface area (Å²) >= 11 is 0. The number of hydrogen-bond donors (Lipinski definition) is 1. The maximum atomic E-state index is 12.1. The lowest BCUT2D eigenvalue weighted by atomic mass is 10.2. The first-order chi connectivity index (χ1) is 10.2. The number of esters is 1. The van der Waals surface area contributed by atoms with Crippen LogP contribution < -0.4 is 5.32 Å². The van der Waals surface area contributed by atoms with Gasteiger partial charge < -0.3 is 14.6 Å². The highest BCUT2D eigenvalue weighted by atomic mass is 16.5. The number of benzene rings is 1. The molecule has 2 heterocycles. The number of fused-ring (bicyclic) bond motifs is 1. The first kappa shape index (κ1) is 13.2. The number of hydrogen-bond acceptors (Lipinski definition) is 4. The van der Waals surface area contributed by atoms with Gasteiger partial charge in [-0.05, 0) is 18.2 Å². The van der Waals surface area contributed by atoms with E-state index < -0.39 is 0 Å². The summed E-state index contributed by atoms with van der Waals surface area (Å²) in [5.41, 5.74) is 3.07. The lowest BCUT2D eigenvalue weighted by Gasteiger charge is -2.08. The van der Waals surface area contributed by atoms with Crippen molar-refractivity contribution in [2.45, 2.75) is 0 Å². The van der Waals surface area contributed by atoms with Crippen molar-refractivity contribution in [3.63, 3.8) is 0 Å². The van der Waals surface area contributed by atoms with Gasteiger partial charge in [0.1, 0.15) is 0 Å². The number of aryl methyl sites for hydroxylation is 1. The fourth-order valence-corrected chi connectivity index (χ4v) is 2.44. The van der Waals surface area contributed by atoms with Gasteiger partial charge in [0.05, 0.1) is 18.3 Å². The third kappa shape index (κ3) is 2.23. The smallest absolute Gasteiger partial charge is 0.356 e. The van der Waals surface area contributed by atoms with E-state index in [0.717, 1.165) is 22.3 Å². The molecule has 106 valence electrons. The minimum Gasteiger partial charge on any atom is -0.464 e. The van der Waals surface area contributed by atoms with E-state index >= 15 is 0 Å². The minimum absolute atomic E-state index is 0.370. The Kier molecular flexibility index (Phi) is 3.31. The molecular weight excluding hydrogens is 266 g/mol. The largest absolute Gasteiger partial charge is 0.464 e. The first-order valence-corrected chi connectivity index (χ1v) is 6.55. The summed E-state index contributed by atoms with van der Waals surface area (Å²) in [7, 11) is 3.24. The van der Waals surface area contributed by atoms with E-state index in [9.17, 15) is 4.79 Å². The molecule has 3 rings (SSSR count). The quantitative estimate of drug-likeness (QED) is 0.749. The Morgan fingerprint density at radius 1 is 1.19 bits per heavy atom. The third-order valence-corrected chi connectivity index (χ3v) is 3.44. The Hall–Kier alpha value is -2.82. The molecule has 0 bridgehead atoms. The maximum absolute atomic E-state index is 12.1. The van der Waals surface area contributed by atoms with Crippen LogP contribution in [-0.2, 0) is 11.8 Å². The van der Waals surface area contributed by atoms with Crippen LogP contribution in [0, 0.1) is 0 Å². The molecule has 0 aliphatic rings. The van der Waals surface area contributed by atoms with Crippen molar-refractivity contribution >= 4 is 28.2 Å². The number of nitrogens with one attached hydrogen (secondary N) is 1. The molecule has 1 N–H and O–H groups in total. The van der Waals surface area contributed by atoms with Gasteiger partial charge in [-0.15, -0.1) is 0 Å². The molecule has 0 fully saturated rings. The van der Waals surface area contributed by atoms with Crippen molar-refractivity contribution < 1.29 is 9.53 Å². The summed E-state index contributed by atoms with van der Waals surface area (Å²) in [5.74, 6) is -0.370. The van der Waals surface area contributed by atoms with Gasteiger partial charge in [-0.3, -0.25) is 4.98 Å². The summed E-state index contributed by atoms with van der Waals surface area (Å²) in [6.45, 7) is 0. The van der Waals surface area contributed by atoms with E-state index in [0.29, 0.717) is 5.69 Å². The van der Waals surface area contributed by atoms with Crippen LogP contribution in [0.4, 0.5) is 11.4 Å². The number of methoxy groups -OCH3 is 1. The van der Waals surface area contributed by atoms with Gasteiger partial charge >= 0.3 is 5.97 Å². The molecule has 0 saturated heterocycles. The lowest BCUT2D eigenvalue weighted by Crippen LogP contribution is -2.09. The summed E-state index contributed by atoms with van der Waals surface area (Å²) in [5, 5.41) is 4.26. The molecule has 0 aliphatic carbocycles. The number of anilines is 2. The number of ether oxygens (including phenoxy) is 1. The zero-order valence-electron chi connectivity index (χ0n) is 11.8. The van der Waals surface area contributed by atoms with Crippen LogP contribution in [0.3, 0.4) is 0 Å². The van der Waals surface area contributed by atoms with Crippen molar-refractivity contribution in [1.82, 2.24) is 9.55 Å². The Morgan fingerprint density at radius 2 is 1.90 bits per heavy atom. The normalized spacial score (nSPS) is 10.6. The van der Waals surface area contributed by atoms with Crippen molar-refractivity contribution in [1.29, 1.82) is 0 Å². The van der Waals surface area contributed by atoms with Crippen molar-refractivity contribution in [3.05, 3.63) is 54.5 Å². The van der Waals surface area contributed by atoms with Crippen molar-refractivity contribution in [3.8, 4) is 0 Å². The zero-order chi connectivity index (χ0) is 14.8.